The molecule has 234 valence electrons. The van der Waals surface area contributed by atoms with Crippen molar-refractivity contribution in [3.05, 3.63) is 48.0 Å². The minimum absolute atomic E-state index is 0.0251. The summed E-state index contributed by atoms with van der Waals surface area (Å²) in [6.45, 7) is 8.52. The Balaban J connectivity index is 1.44. The molecule has 2 fully saturated rings. The fourth-order valence-electron chi connectivity index (χ4n) is 7.10. The van der Waals surface area contributed by atoms with Crippen molar-refractivity contribution >= 4 is 45.1 Å². The number of aromatic nitrogens is 3. The van der Waals surface area contributed by atoms with Crippen molar-refractivity contribution in [1.82, 2.24) is 19.5 Å². The fraction of sp³-hybridized carbons (Fsp3) is 0.606. The summed E-state index contributed by atoms with van der Waals surface area (Å²) in [5, 5.41) is 17.2. The fourth-order valence-corrected chi connectivity index (χ4v) is 23.4. The van der Waals surface area contributed by atoms with Crippen LogP contribution in [0.5, 0.6) is 0 Å². The van der Waals surface area contributed by atoms with Gasteiger partial charge in [-0.3, -0.25) is 0 Å². The average molecular weight is 700 g/mol. The van der Waals surface area contributed by atoms with E-state index in [1.807, 2.05) is 18.3 Å². The summed E-state index contributed by atoms with van der Waals surface area (Å²) in [4.78, 5) is 21.8. The number of urea groups is 1. The van der Waals surface area contributed by atoms with Gasteiger partial charge in [0.15, 0.2) is 0 Å². The van der Waals surface area contributed by atoms with E-state index in [-0.39, 0.29) is 17.9 Å². The van der Waals surface area contributed by atoms with Crippen LogP contribution in [0.4, 0.5) is 20.7 Å². The molecular weight excluding hydrogens is 650 g/mol. The number of carbonyl (C=O) groups excluding carboxylic acids is 1. The molecule has 2 amide bonds. The van der Waals surface area contributed by atoms with Gasteiger partial charge in [0.2, 0.25) is 0 Å². The number of fused-ring (bicyclic) bond motifs is 1. The van der Waals surface area contributed by atoms with Crippen LogP contribution in [0.15, 0.2) is 36.7 Å². The Kier molecular flexibility index (Phi) is 10.9. The van der Waals surface area contributed by atoms with Crippen molar-refractivity contribution in [1.29, 1.82) is 0 Å². The van der Waals surface area contributed by atoms with Crippen molar-refractivity contribution in [3.63, 3.8) is 0 Å². The second kappa shape index (κ2) is 14.6. The second-order valence-electron chi connectivity index (χ2n) is 12.6. The number of hydrogen-bond acceptors (Lipinski definition) is 5. The molecule has 2 saturated heterocycles. The summed E-state index contributed by atoms with van der Waals surface area (Å²) in [5.41, 5.74) is 2.34. The maximum absolute atomic E-state index is 15.8. The Bertz CT molecular complexity index is 1360. The van der Waals surface area contributed by atoms with Crippen LogP contribution < -0.4 is 13.8 Å². The zero-order valence-electron chi connectivity index (χ0n) is 26.2. The number of likely N-dealkylation sites (tertiary alicyclic amines) is 1. The van der Waals surface area contributed by atoms with Crippen molar-refractivity contribution < 1.29 is 14.3 Å². The number of carbonyl (C=O) groups is 1. The third kappa shape index (κ3) is 7.13. The summed E-state index contributed by atoms with van der Waals surface area (Å²) in [5.74, 6) is 0.864. The summed E-state index contributed by atoms with van der Waals surface area (Å²) < 4.78 is 22.4. The van der Waals surface area contributed by atoms with Crippen molar-refractivity contribution in [2.45, 2.75) is 104 Å². The van der Waals surface area contributed by atoms with Crippen LogP contribution in [-0.2, 0) is 0 Å². The van der Waals surface area contributed by atoms with Crippen LogP contribution in [-0.4, -0.2) is 74.8 Å². The van der Waals surface area contributed by atoms with Crippen LogP contribution in [0.3, 0.4) is 0 Å². The van der Waals surface area contributed by atoms with E-state index < -0.39 is 24.5 Å². The molecule has 0 radical (unpaired) electrons. The average Bonchev–Trinajstić information content (AvgIpc) is 3.77. The number of nitrogens with one attached hydrogen (secondary N) is 1. The van der Waals surface area contributed by atoms with Gasteiger partial charge in [0.25, 0.3) is 0 Å². The molecule has 2 aliphatic rings. The number of β-amino-alcohol motifs (C(OH)–C–C–N with tert-alkyl or cyclic N) is 1. The first-order chi connectivity index (χ1) is 20.9. The minimum atomic E-state index is -2.97. The predicted octanol–water partition coefficient (Wildman–Crippen LogP) is 6.86. The number of amides is 2. The molecule has 0 spiro atoms. The molecule has 2 N–H and O–H groups in total. The number of aliphatic hydroxyl groups excluding tert-OH is 1. The van der Waals surface area contributed by atoms with Gasteiger partial charge in [-0.15, -0.1) is 0 Å². The molecule has 0 aliphatic carbocycles. The summed E-state index contributed by atoms with van der Waals surface area (Å²) in [6, 6.07) is 7.91. The van der Waals surface area contributed by atoms with E-state index in [2.05, 4.69) is 42.2 Å². The third-order valence-electron chi connectivity index (χ3n) is 9.57. The summed E-state index contributed by atoms with van der Waals surface area (Å²) in [6.07, 6.45) is 12.8. The normalized spacial score (nSPS) is 19.1. The Hall–Kier alpha value is -2.40. The van der Waals surface area contributed by atoms with E-state index in [4.69, 9.17) is 4.98 Å². The number of anilines is 2. The number of benzene rings is 1. The molecule has 2 aromatic heterocycles. The quantitative estimate of drug-likeness (QED) is 0.191. The molecule has 1 aromatic carbocycles. The number of aliphatic hydroxyl groups is 1. The van der Waals surface area contributed by atoms with Crippen molar-refractivity contribution in [3.8, 4) is 0 Å². The van der Waals surface area contributed by atoms with Gasteiger partial charge in [-0.1, -0.05) is 0 Å². The molecule has 0 bridgehead atoms. The van der Waals surface area contributed by atoms with Gasteiger partial charge >= 0.3 is 230 Å². The number of unbranched alkanes of at least 4 members (excludes halogenated alkanes) is 3. The van der Waals surface area contributed by atoms with Crippen LogP contribution in [0.1, 0.15) is 90.2 Å². The molecule has 8 nitrogen and oxygen atoms in total. The van der Waals surface area contributed by atoms with E-state index in [9.17, 15) is 9.90 Å². The summed E-state index contributed by atoms with van der Waals surface area (Å²) >= 11 is -2.97. The number of nitrogens with zero attached hydrogens (tertiary/aromatic N) is 5. The van der Waals surface area contributed by atoms with Crippen LogP contribution >= 0.6 is 0 Å². The molecular formula is C33H49FN6O2Sn. The zero-order chi connectivity index (χ0) is 30.4. The number of halogens is 1. The predicted molar refractivity (Wildman–Crippen MR) is 174 cm³/mol. The van der Waals surface area contributed by atoms with Crippen molar-refractivity contribution in [2.24, 2.45) is 0 Å². The van der Waals surface area contributed by atoms with Gasteiger partial charge in [-0.2, -0.15) is 0 Å². The van der Waals surface area contributed by atoms with Crippen molar-refractivity contribution in [2.75, 3.05) is 29.9 Å². The summed E-state index contributed by atoms with van der Waals surface area (Å²) in [7, 11) is 0. The van der Waals surface area contributed by atoms with E-state index in [1.165, 1.54) is 57.4 Å². The SMILES string of the molecule is CCC[CH2][Sn]([CH2]CCC)([CH2]CCC)[c]1cc([C@H]2CCCN2c2ccn3ncc(NC(=O)N4CC[C@H](O)C4)c3n2)ccc1F. The number of rotatable bonds is 13. The molecule has 3 aromatic rings. The van der Waals surface area contributed by atoms with E-state index in [1.54, 1.807) is 21.7 Å². The molecule has 2 atom stereocenters. The third-order valence-corrected chi connectivity index (χ3v) is 25.1. The standard InChI is InChI=1S/C21H22FN6O2.3C4H9.Sn/c22-15-5-3-14(4-6-15)18-2-1-9-27(18)19-8-11-28-20(25-19)17(12-23-28)24-21(30)26-10-7-16(29)13-26;3*1-3-4-2;/h3-5,8,11-12,16,18,29H,1-2,7,9-10,13H2,(H,24,30);3*1,3-4H2,2H3;/t16-,18+;;;;/m0..../s1. The molecule has 0 unspecified atom stereocenters. The Morgan fingerprint density at radius 2 is 1.77 bits per heavy atom. The van der Waals surface area contributed by atoms with Crippen LogP contribution in [0.2, 0.25) is 13.3 Å². The van der Waals surface area contributed by atoms with Gasteiger partial charge in [0, 0.05) is 13.1 Å². The first-order valence-electron chi connectivity index (χ1n) is 16.5. The van der Waals surface area contributed by atoms with Gasteiger partial charge < -0.3 is 5.11 Å². The first kappa shape index (κ1) is 32.0. The Morgan fingerprint density at radius 3 is 2.42 bits per heavy atom. The zero-order valence-corrected chi connectivity index (χ0v) is 29.0. The van der Waals surface area contributed by atoms with Gasteiger partial charge in [-0.25, -0.2) is 0 Å². The van der Waals surface area contributed by atoms with Gasteiger partial charge in [0.1, 0.15) is 0 Å². The molecule has 10 heteroatoms. The Labute approximate surface area is 259 Å². The molecule has 43 heavy (non-hydrogen) atoms. The van der Waals surface area contributed by atoms with E-state index in [0.717, 1.165) is 28.8 Å². The first-order valence-corrected chi connectivity index (χ1v) is 24.0. The molecule has 0 saturated carbocycles. The monoisotopic (exact) mass is 700 g/mol. The topological polar surface area (TPSA) is 86.0 Å². The van der Waals surface area contributed by atoms with Gasteiger partial charge in [0.05, 0.1) is 6.10 Å². The maximum atomic E-state index is 15.8. The van der Waals surface area contributed by atoms with Gasteiger partial charge in [-0.05, 0) is 6.42 Å². The molecule has 4 heterocycles. The van der Waals surface area contributed by atoms with Crippen LogP contribution in [0, 0.1) is 5.82 Å². The number of hydrogen-bond donors (Lipinski definition) is 2. The van der Waals surface area contributed by atoms with Crippen LogP contribution in [0.25, 0.3) is 5.65 Å². The van der Waals surface area contributed by atoms with E-state index in [0.29, 0.717) is 30.8 Å². The Morgan fingerprint density at radius 1 is 1.05 bits per heavy atom. The molecule has 5 rings (SSSR count). The second-order valence-corrected chi connectivity index (χ2v) is 25.7. The van der Waals surface area contributed by atoms with E-state index >= 15 is 4.39 Å². The molecule has 2 aliphatic heterocycles.